The van der Waals surface area contributed by atoms with Gasteiger partial charge in [0.25, 0.3) is 0 Å². The van der Waals surface area contributed by atoms with Crippen LogP contribution in [0, 0.1) is 0 Å². The molecule has 1 heterocycles. The number of hydrogen-bond donors (Lipinski definition) is 5. The predicted molar refractivity (Wildman–Crippen MR) is 64.4 cm³/mol. The zero-order valence-corrected chi connectivity index (χ0v) is 10.2. The molecule has 1 aliphatic heterocycles. The number of hydrogen-bond acceptors (Lipinski definition) is 5. The highest BCUT2D eigenvalue weighted by molar-refractivity contribution is 5.76. The first-order valence-electron chi connectivity index (χ1n) is 5.95. The maximum Gasteiger partial charge on any atom is 0.334 e. The summed E-state index contributed by atoms with van der Waals surface area (Å²) in [5, 5.41) is 25.5. The van der Waals surface area contributed by atoms with Gasteiger partial charge in [0, 0.05) is 39.3 Å². The number of aliphatic hydroxyl groups is 1. The molecule has 8 nitrogen and oxygen atoms in total. The summed E-state index contributed by atoms with van der Waals surface area (Å²) in [4.78, 5) is 23.8. The number of urea groups is 1. The van der Waals surface area contributed by atoms with E-state index in [1.165, 1.54) is 0 Å². The summed E-state index contributed by atoms with van der Waals surface area (Å²) in [6, 6.07) is -0.467. The van der Waals surface area contributed by atoms with Crippen LogP contribution in [0.5, 0.6) is 0 Å². The molecule has 1 rings (SSSR count). The van der Waals surface area contributed by atoms with Crippen LogP contribution in [0.15, 0.2) is 0 Å². The number of carboxylic acids is 1. The largest absolute Gasteiger partial charge is 0.479 e. The topological polar surface area (TPSA) is 114 Å². The Morgan fingerprint density at radius 3 is 2.56 bits per heavy atom. The van der Waals surface area contributed by atoms with Gasteiger partial charge in [0.2, 0.25) is 0 Å². The molecule has 104 valence electrons. The summed E-state index contributed by atoms with van der Waals surface area (Å²) in [5.41, 5.74) is 0. The second-order valence-electron chi connectivity index (χ2n) is 4.08. The summed E-state index contributed by atoms with van der Waals surface area (Å²) in [7, 11) is 0. The molecule has 1 aliphatic rings. The zero-order chi connectivity index (χ0) is 13.4. The fourth-order valence-electron chi connectivity index (χ4n) is 1.60. The molecule has 0 saturated carbocycles. The SMILES string of the molecule is O=C(NCCN1CCNCC1)NCC(O)C(=O)O. The normalized spacial score (nSPS) is 18.1. The second-order valence-corrected chi connectivity index (χ2v) is 4.08. The number of carbonyl (C=O) groups is 2. The third kappa shape index (κ3) is 5.80. The van der Waals surface area contributed by atoms with Gasteiger partial charge in [-0.15, -0.1) is 0 Å². The van der Waals surface area contributed by atoms with Gasteiger partial charge in [-0.2, -0.15) is 0 Å². The van der Waals surface area contributed by atoms with Crippen molar-refractivity contribution in [2.45, 2.75) is 6.10 Å². The molecule has 0 bridgehead atoms. The van der Waals surface area contributed by atoms with E-state index in [1.807, 2.05) is 0 Å². The van der Waals surface area contributed by atoms with Crippen molar-refractivity contribution in [3.63, 3.8) is 0 Å². The van der Waals surface area contributed by atoms with Crippen molar-refractivity contribution >= 4 is 12.0 Å². The van der Waals surface area contributed by atoms with Crippen molar-refractivity contribution in [1.29, 1.82) is 0 Å². The van der Waals surface area contributed by atoms with E-state index in [4.69, 9.17) is 10.2 Å². The Bertz CT molecular complexity index is 281. The molecule has 0 spiro atoms. The van der Waals surface area contributed by atoms with E-state index in [0.29, 0.717) is 6.54 Å². The number of rotatable bonds is 6. The van der Waals surface area contributed by atoms with Crippen LogP contribution in [0.2, 0.25) is 0 Å². The van der Waals surface area contributed by atoms with Gasteiger partial charge >= 0.3 is 12.0 Å². The average Bonchev–Trinajstić information content (AvgIpc) is 2.37. The Hall–Kier alpha value is -1.38. The highest BCUT2D eigenvalue weighted by Gasteiger charge is 2.14. The van der Waals surface area contributed by atoms with Gasteiger partial charge in [-0.3, -0.25) is 4.90 Å². The highest BCUT2D eigenvalue weighted by Crippen LogP contribution is 1.89. The smallest absolute Gasteiger partial charge is 0.334 e. The molecule has 0 aliphatic carbocycles. The van der Waals surface area contributed by atoms with E-state index in [0.717, 1.165) is 32.7 Å². The van der Waals surface area contributed by atoms with Crippen molar-refractivity contribution in [2.24, 2.45) is 0 Å². The van der Waals surface area contributed by atoms with Gasteiger partial charge in [0.1, 0.15) is 0 Å². The molecule has 0 aromatic heterocycles. The van der Waals surface area contributed by atoms with Crippen molar-refractivity contribution in [2.75, 3.05) is 45.8 Å². The quantitative estimate of drug-likeness (QED) is 0.365. The number of carbonyl (C=O) groups excluding carboxylic acids is 1. The number of nitrogens with one attached hydrogen (secondary N) is 3. The number of aliphatic carboxylic acids is 1. The number of aliphatic hydroxyl groups excluding tert-OH is 1. The monoisotopic (exact) mass is 260 g/mol. The van der Waals surface area contributed by atoms with Crippen molar-refractivity contribution in [3.8, 4) is 0 Å². The molecule has 0 radical (unpaired) electrons. The van der Waals surface area contributed by atoms with Gasteiger partial charge < -0.3 is 26.2 Å². The number of nitrogens with zero attached hydrogens (tertiary/aromatic N) is 1. The Kier molecular flexibility index (Phi) is 6.40. The summed E-state index contributed by atoms with van der Waals surface area (Å²) < 4.78 is 0. The highest BCUT2D eigenvalue weighted by atomic mass is 16.4. The Balaban J connectivity index is 2.04. The first kappa shape index (κ1) is 14.7. The Morgan fingerprint density at radius 2 is 1.94 bits per heavy atom. The van der Waals surface area contributed by atoms with Crippen LogP contribution in [0.25, 0.3) is 0 Å². The molecule has 5 N–H and O–H groups in total. The van der Waals surface area contributed by atoms with Crippen molar-refractivity contribution in [1.82, 2.24) is 20.9 Å². The summed E-state index contributed by atoms with van der Waals surface area (Å²) in [6.07, 6.45) is -1.57. The molecule has 18 heavy (non-hydrogen) atoms. The molecule has 1 saturated heterocycles. The molecule has 0 aromatic rings. The second kappa shape index (κ2) is 7.85. The van der Waals surface area contributed by atoms with E-state index in [2.05, 4.69) is 20.9 Å². The molecule has 1 unspecified atom stereocenters. The van der Waals surface area contributed by atoms with Gasteiger partial charge in [-0.25, -0.2) is 9.59 Å². The lowest BCUT2D eigenvalue weighted by atomic mass is 10.3. The average molecular weight is 260 g/mol. The van der Waals surface area contributed by atoms with Crippen LogP contribution in [-0.2, 0) is 4.79 Å². The fourth-order valence-corrected chi connectivity index (χ4v) is 1.60. The lowest BCUT2D eigenvalue weighted by molar-refractivity contribution is -0.146. The standard InChI is InChI=1S/C10H20N4O4/c15-8(9(16)17)7-13-10(18)12-3-6-14-4-1-11-2-5-14/h8,11,15H,1-7H2,(H,16,17)(H2,12,13,18). The van der Waals surface area contributed by atoms with Crippen LogP contribution in [-0.4, -0.2) is 79.0 Å². The summed E-state index contributed by atoms with van der Waals surface area (Å²) in [6.45, 7) is 4.79. The van der Waals surface area contributed by atoms with Crippen LogP contribution >= 0.6 is 0 Å². The molecule has 1 fully saturated rings. The summed E-state index contributed by atoms with van der Waals surface area (Å²) in [5.74, 6) is -1.35. The minimum absolute atomic E-state index is 0.297. The van der Waals surface area contributed by atoms with Gasteiger partial charge in [0.05, 0.1) is 6.54 Å². The van der Waals surface area contributed by atoms with Crippen LogP contribution in [0.4, 0.5) is 4.79 Å². The maximum atomic E-state index is 11.3. The van der Waals surface area contributed by atoms with Gasteiger partial charge in [0.15, 0.2) is 6.10 Å². The number of piperazine rings is 1. The minimum atomic E-state index is -1.57. The maximum absolute atomic E-state index is 11.3. The third-order valence-electron chi connectivity index (χ3n) is 2.66. The first-order chi connectivity index (χ1) is 8.59. The third-order valence-corrected chi connectivity index (χ3v) is 2.66. The predicted octanol–water partition coefficient (Wildman–Crippen LogP) is -2.36. The zero-order valence-electron chi connectivity index (χ0n) is 10.2. The lowest BCUT2D eigenvalue weighted by Gasteiger charge is -2.27. The van der Waals surface area contributed by atoms with Crippen LogP contribution < -0.4 is 16.0 Å². The van der Waals surface area contributed by atoms with Crippen LogP contribution in [0.3, 0.4) is 0 Å². The number of amides is 2. The van der Waals surface area contributed by atoms with E-state index < -0.39 is 18.1 Å². The van der Waals surface area contributed by atoms with E-state index in [9.17, 15) is 9.59 Å². The van der Waals surface area contributed by atoms with E-state index >= 15 is 0 Å². The van der Waals surface area contributed by atoms with E-state index in [1.54, 1.807) is 0 Å². The van der Waals surface area contributed by atoms with Gasteiger partial charge in [-0.05, 0) is 0 Å². The Labute approximate surface area is 105 Å². The van der Waals surface area contributed by atoms with Crippen LogP contribution in [0.1, 0.15) is 0 Å². The summed E-state index contributed by atoms with van der Waals surface area (Å²) >= 11 is 0. The Morgan fingerprint density at radius 1 is 1.28 bits per heavy atom. The number of carboxylic acid groups (broad SMARTS) is 1. The van der Waals surface area contributed by atoms with E-state index in [-0.39, 0.29) is 6.54 Å². The molecule has 8 heteroatoms. The lowest BCUT2D eigenvalue weighted by Crippen LogP contribution is -2.48. The van der Waals surface area contributed by atoms with Crippen molar-refractivity contribution in [3.05, 3.63) is 0 Å². The molecule has 2 amide bonds. The molecular weight excluding hydrogens is 240 g/mol. The minimum Gasteiger partial charge on any atom is -0.479 e. The first-order valence-corrected chi connectivity index (χ1v) is 5.95. The molecule has 1 atom stereocenters. The van der Waals surface area contributed by atoms with Gasteiger partial charge in [-0.1, -0.05) is 0 Å². The molecule has 0 aromatic carbocycles. The van der Waals surface area contributed by atoms with Crippen molar-refractivity contribution < 1.29 is 19.8 Å². The fraction of sp³-hybridized carbons (Fsp3) is 0.800. The molecular formula is C10H20N4O4.